The van der Waals surface area contributed by atoms with Crippen molar-refractivity contribution in [2.24, 2.45) is 0 Å². The van der Waals surface area contributed by atoms with Gasteiger partial charge in [-0.25, -0.2) is 0 Å². The molecule has 0 N–H and O–H groups in total. The van der Waals surface area contributed by atoms with Gasteiger partial charge in [0, 0.05) is 42.3 Å². The summed E-state index contributed by atoms with van der Waals surface area (Å²) in [5, 5.41) is 9.45. The second-order valence-corrected chi connectivity index (χ2v) is 8.23. The molecule has 0 spiro atoms. The highest BCUT2D eigenvalue weighted by atomic mass is 35.5. The van der Waals surface area contributed by atoms with Gasteiger partial charge in [-0.05, 0) is 55.0 Å². The molecule has 2 aromatic carbocycles. The molecule has 0 unspecified atom stereocenters. The molecule has 166 valence electrons. The summed E-state index contributed by atoms with van der Waals surface area (Å²) in [6.45, 7) is 5.57. The van der Waals surface area contributed by atoms with Gasteiger partial charge in [-0.15, -0.1) is 10.2 Å². The first-order chi connectivity index (χ1) is 15.6. The van der Waals surface area contributed by atoms with Gasteiger partial charge in [0.1, 0.15) is 5.75 Å². The number of anilines is 1. The number of halogens is 1. The molecule has 1 amide bonds. The number of ether oxygens (including phenoxy) is 1. The van der Waals surface area contributed by atoms with E-state index in [1.165, 1.54) is 0 Å². The minimum atomic E-state index is 0.0499. The second-order valence-electron chi connectivity index (χ2n) is 7.79. The maximum atomic E-state index is 12.9. The molecule has 0 bridgehead atoms. The van der Waals surface area contributed by atoms with Crippen LogP contribution in [0.2, 0.25) is 5.02 Å². The minimum absolute atomic E-state index is 0.0499. The molecule has 1 saturated heterocycles. The third-order valence-corrected chi connectivity index (χ3v) is 5.80. The average Bonchev–Trinajstić information content (AvgIpc) is 2.85. The van der Waals surface area contributed by atoms with E-state index in [0.717, 1.165) is 48.8 Å². The molecule has 0 radical (unpaired) electrons. The van der Waals surface area contributed by atoms with E-state index in [9.17, 15) is 4.79 Å². The number of hydrogen-bond acceptors (Lipinski definition) is 5. The second kappa shape index (κ2) is 10.5. The van der Waals surface area contributed by atoms with Gasteiger partial charge in [0.05, 0.1) is 12.3 Å². The zero-order valence-electron chi connectivity index (χ0n) is 18.2. The smallest absolute Gasteiger partial charge is 0.253 e. The zero-order valence-corrected chi connectivity index (χ0v) is 19.0. The van der Waals surface area contributed by atoms with Crippen molar-refractivity contribution in [2.45, 2.75) is 19.8 Å². The molecular formula is C25H27ClN4O2. The first-order valence-electron chi connectivity index (χ1n) is 11.0. The van der Waals surface area contributed by atoms with Gasteiger partial charge in [-0.1, -0.05) is 37.1 Å². The number of carbonyl (C=O) groups excluding carboxylic acids is 1. The lowest BCUT2D eigenvalue weighted by Crippen LogP contribution is -2.49. The topological polar surface area (TPSA) is 58.6 Å². The highest BCUT2D eigenvalue weighted by Crippen LogP contribution is 2.22. The molecule has 7 heteroatoms. The number of unbranched alkanes of at least 4 members (excludes halogenated alkanes) is 1. The first-order valence-corrected chi connectivity index (χ1v) is 11.4. The normalized spacial score (nSPS) is 13.8. The van der Waals surface area contributed by atoms with Crippen LogP contribution in [0.15, 0.2) is 60.7 Å². The SMILES string of the molecule is CCCCOc1ccc(C(=O)N2CCN(c3ccc(-c4ccc(Cl)cc4)nn3)CC2)cc1. The molecule has 0 aliphatic carbocycles. The van der Waals surface area contributed by atoms with Crippen LogP contribution in [0.4, 0.5) is 5.82 Å². The Labute approximate surface area is 193 Å². The third-order valence-electron chi connectivity index (χ3n) is 5.55. The molecule has 1 fully saturated rings. The Bertz CT molecular complexity index is 1020. The average molecular weight is 451 g/mol. The molecule has 0 saturated carbocycles. The third kappa shape index (κ3) is 5.37. The van der Waals surface area contributed by atoms with Crippen molar-refractivity contribution in [2.75, 3.05) is 37.7 Å². The van der Waals surface area contributed by atoms with E-state index in [1.54, 1.807) is 0 Å². The number of nitrogens with zero attached hydrogens (tertiary/aromatic N) is 4. The quantitative estimate of drug-likeness (QED) is 0.477. The van der Waals surface area contributed by atoms with Gasteiger partial charge in [0.15, 0.2) is 5.82 Å². The van der Waals surface area contributed by atoms with Crippen molar-refractivity contribution in [3.8, 4) is 17.0 Å². The van der Waals surface area contributed by atoms with Crippen molar-refractivity contribution in [3.63, 3.8) is 0 Å². The minimum Gasteiger partial charge on any atom is -0.494 e. The van der Waals surface area contributed by atoms with Crippen LogP contribution >= 0.6 is 11.6 Å². The van der Waals surface area contributed by atoms with Crippen LogP contribution < -0.4 is 9.64 Å². The monoisotopic (exact) mass is 450 g/mol. The van der Waals surface area contributed by atoms with Crippen molar-refractivity contribution in [1.82, 2.24) is 15.1 Å². The van der Waals surface area contributed by atoms with Crippen molar-refractivity contribution >= 4 is 23.3 Å². The van der Waals surface area contributed by atoms with Crippen LogP contribution in [0.1, 0.15) is 30.1 Å². The summed E-state index contributed by atoms with van der Waals surface area (Å²) in [4.78, 5) is 16.9. The van der Waals surface area contributed by atoms with E-state index < -0.39 is 0 Å². The van der Waals surface area contributed by atoms with Gasteiger partial charge in [0.25, 0.3) is 5.91 Å². The van der Waals surface area contributed by atoms with Gasteiger partial charge < -0.3 is 14.5 Å². The van der Waals surface area contributed by atoms with Crippen LogP contribution in [0.25, 0.3) is 11.3 Å². The molecule has 4 rings (SSSR count). The lowest BCUT2D eigenvalue weighted by Gasteiger charge is -2.35. The van der Waals surface area contributed by atoms with Gasteiger partial charge in [-0.3, -0.25) is 4.79 Å². The number of carbonyl (C=O) groups is 1. The molecule has 3 aromatic rings. The summed E-state index contributed by atoms with van der Waals surface area (Å²) in [6.07, 6.45) is 2.12. The standard InChI is InChI=1S/C25H27ClN4O2/c1-2-3-18-32-22-10-6-20(7-11-22)25(31)30-16-14-29(15-17-30)24-13-12-23(27-28-24)19-4-8-21(26)9-5-19/h4-13H,2-3,14-18H2,1H3. The van der Waals surface area contributed by atoms with Gasteiger partial charge >= 0.3 is 0 Å². The van der Waals surface area contributed by atoms with Crippen LogP contribution in [0.5, 0.6) is 5.75 Å². The zero-order chi connectivity index (χ0) is 22.3. The molecule has 1 aliphatic rings. The summed E-state index contributed by atoms with van der Waals surface area (Å²) >= 11 is 5.95. The van der Waals surface area contributed by atoms with Gasteiger partial charge in [-0.2, -0.15) is 0 Å². The Morgan fingerprint density at radius 3 is 2.28 bits per heavy atom. The Morgan fingerprint density at radius 1 is 0.938 bits per heavy atom. The molecule has 1 aromatic heterocycles. The van der Waals surface area contributed by atoms with Crippen molar-refractivity contribution < 1.29 is 9.53 Å². The number of amides is 1. The number of aromatic nitrogens is 2. The maximum Gasteiger partial charge on any atom is 0.253 e. The van der Waals surface area contributed by atoms with E-state index in [2.05, 4.69) is 22.0 Å². The highest BCUT2D eigenvalue weighted by Gasteiger charge is 2.23. The number of rotatable bonds is 7. The van der Waals surface area contributed by atoms with E-state index in [0.29, 0.717) is 30.3 Å². The van der Waals surface area contributed by atoms with Crippen LogP contribution in [-0.4, -0.2) is 53.8 Å². The summed E-state index contributed by atoms with van der Waals surface area (Å²) in [5.41, 5.74) is 2.47. The maximum absolute atomic E-state index is 12.9. The van der Waals surface area contributed by atoms with E-state index in [4.69, 9.17) is 16.3 Å². The van der Waals surface area contributed by atoms with Crippen molar-refractivity contribution in [1.29, 1.82) is 0 Å². The number of benzene rings is 2. The first kappa shape index (κ1) is 22.1. The largest absolute Gasteiger partial charge is 0.494 e. The molecule has 1 aliphatic heterocycles. The molecular weight excluding hydrogens is 424 g/mol. The fraction of sp³-hybridized carbons (Fsp3) is 0.320. The summed E-state index contributed by atoms with van der Waals surface area (Å²) in [7, 11) is 0. The van der Waals surface area contributed by atoms with Crippen LogP contribution in [0.3, 0.4) is 0 Å². The van der Waals surface area contributed by atoms with Gasteiger partial charge in [0.2, 0.25) is 0 Å². The van der Waals surface area contributed by atoms with E-state index in [-0.39, 0.29) is 5.91 Å². The highest BCUT2D eigenvalue weighted by molar-refractivity contribution is 6.30. The number of hydrogen-bond donors (Lipinski definition) is 0. The lowest BCUT2D eigenvalue weighted by molar-refractivity contribution is 0.0746. The van der Waals surface area contributed by atoms with Crippen molar-refractivity contribution in [3.05, 3.63) is 71.2 Å². The number of piperazine rings is 1. The fourth-order valence-corrected chi connectivity index (χ4v) is 3.74. The molecule has 0 atom stereocenters. The Balaban J connectivity index is 1.31. The predicted molar refractivity (Wildman–Crippen MR) is 127 cm³/mol. The molecule has 6 nitrogen and oxygen atoms in total. The van der Waals surface area contributed by atoms with E-state index >= 15 is 0 Å². The Morgan fingerprint density at radius 2 is 1.66 bits per heavy atom. The van der Waals surface area contributed by atoms with E-state index in [1.807, 2.05) is 65.6 Å². The van der Waals surface area contributed by atoms with Crippen LogP contribution in [-0.2, 0) is 0 Å². The molecule has 2 heterocycles. The predicted octanol–water partition coefficient (Wildman–Crippen LogP) is 4.94. The summed E-state index contributed by atoms with van der Waals surface area (Å²) < 4.78 is 5.68. The Hall–Kier alpha value is -3.12. The van der Waals surface area contributed by atoms with Crippen LogP contribution in [0, 0.1) is 0 Å². The summed E-state index contributed by atoms with van der Waals surface area (Å²) in [6, 6.07) is 18.9. The fourth-order valence-electron chi connectivity index (χ4n) is 3.62. The summed E-state index contributed by atoms with van der Waals surface area (Å²) in [5.74, 6) is 1.68. The Kier molecular flexibility index (Phi) is 7.22. The molecule has 32 heavy (non-hydrogen) atoms. The lowest BCUT2D eigenvalue weighted by atomic mass is 10.1.